The SMILES string of the molecule is CCCCCCCCCC/C=C/C(O)C(CO)NC(=O)CCCCCCC/C=C\CCCCCCCCCCCOC(=O)CCCCCCCCCCCCCCCC. The van der Waals surface area contributed by atoms with Gasteiger partial charge < -0.3 is 20.3 Å². The molecule has 0 aromatic carbocycles. The summed E-state index contributed by atoms with van der Waals surface area (Å²) in [6.07, 6.45) is 57.6. The smallest absolute Gasteiger partial charge is 0.305 e. The predicted octanol–water partition coefficient (Wildman–Crippen LogP) is 15.5. The lowest BCUT2D eigenvalue weighted by molar-refractivity contribution is -0.143. The van der Waals surface area contributed by atoms with Gasteiger partial charge in [0.05, 0.1) is 25.4 Å². The number of hydrogen-bond donors (Lipinski definition) is 3. The van der Waals surface area contributed by atoms with Crippen LogP contribution in [0.25, 0.3) is 0 Å². The standard InChI is InChI=1S/C53H101NO5/c1-3-5-7-9-11-13-15-16-24-27-31-35-39-43-47-53(58)59-48-44-40-36-32-28-25-22-20-18-17-19-21-23-26-30-34-38-42-46-52(57)54-50(49-55)51(56)45-41-37-33-29-14-12-10-8-6-4-2/h19,21,41,45,50-51,55-56H,3-18,20,22-40,42-44,46-49H2,1-2H3,(H,54,57)/b21-19-,45-41+. The van der Waals surface area contributed by atoms with Crippen LogP contribution in [0, 0.1) is 0 Å². The van der Waals surface area contributed by atoms with Crippen molar-refractivity contribution in [2.24, 2.45) is 0 Å². The third-order valence-electron chi connectivity index (χ3n) is 12.0. The number of allylic oxidation sites excluding steroid dienone is 3. The first-order chi connectivity index (χ1) is 29.0. The molecule has 1 amide bonds. The van der Waals surface area contributed by atoms with Crippen molar-refractivity contribution in [1.29, 1.82) is 0 Å². The van der Waals surface area contributed by atoms with Crippen molar-refractivity contribution >= 4 is 11.9 Å². The number of carbonyl (C=O) groups is 2. The van der Waals surface area contributed by atoms with Crippen LogP contribution in [0.4, 0.5) is 0 Å². The van der Waals surface area contributed by atoms with Gasteiger partial charge in [0.25, 0.3) is 0 Å². The molecule has 59 heavy (non-hydrogen) atoms. The molecule has 0 radical (unpaired) electrons. The fourth-order valence-corrected chi connectivity index (χ4v) is 7.92. The van der Waals surface area contributed by atoms with E-state index in [-0.39, 0.29) is 18.5 Å². The summed E-state index contributed by atoms with van der Waals surface area (Å²) in [6.45, 7) is 4.87. The number of unbranched alkanes of at least 4 members (excludes halogenated alkanes) is 35. The molecule has 6 nitrogen and oxygen atoms in total. The van der Waals surface area contributed by atoms with Gasteiger partial charge >= 0.3 is 5.97 Å². The minimum Gasteiger partial charge on any atom is -0.466 e. The first-order valence-electron chi connectivity index (χ1n) is 26.1. The number of carbonyl (C=O) groups excluding carboxylic acids is 2. The van der Waals surface area contributed by atoms with Crippen LogP contribution >= 0.6 is 0 Å². The number of aliphatic hydroxyl groups excluding tert-OH is 2. The number of hydrogen-bond acceptors (Lipinski definition) is 5. The van der Waals surface area contributed by atoms with Crippen LogP contribution in [0.1, 0.15) is 277 Å². The maximum absolute atomic E-state index is 12.4. The van der Waals surface area contributed by atoms with E-state index in [0.29, 0.717) is 19.4 Å². The van der Waals surface area contributed by atoms with Gasteiger partial charge in [-0.2, -0.15) is 0 Å². The van der Waals surface area contributed by atoms with E-state index >= 15 is 0 Å². The Balaban J connectivity index is 3.44. The van der Waals surface area contributed by atoms with Gasteiger partial charge in [0.2, 0.25) is 5.91 Å². The highest BCUT2D eigenvalue weighted by Crippen LogP contribution is 2.16. The Hall–Kier alpha value is -1.66. The van der Waals surface area contributed by atoms with E-state index in [2.05, 4.69) is 31.3 Å². The normalized spacial score (nSPS) is 12.8. The van der Waals surface area contributed by atoms with Crippen LogP contribution in [0.3, 0.4) is 0 Å². The first kappa shape index (κ1) is 57.3. The first-order valence-corrected chi connectivity index (χ1v) is 26.1. The number of ether oxygens (including phenoxy) is 1. The number of rotatable bonds is 48. The average molecular weight is 832 g/mol. The summed E-state index contributed by atoms with van der Waals surface area (Å²) in [4.78, 5) is 24.4. The molecule has 0 bridgehead atoms. The van der Waals surface area contributed by atoms with Crippen LogP contribution in [0.2, 0.25) is 0 Å². The van der Waals surface area contributed by atoms with Crippen LogP contribution in [0.5, 0.6) is 0 Å². The third-order valence-corrected chi connectivity index (χ3v) is 12.0. The molecular weight excluding hydrogens is 731 g/mol. The molecule has 0 saturated heterocycles. The van der Waals surface area contributed by atoms with Gasteiger partial charge in [-0.15, -0.1) is 0 Å². The molecule has 0 rings (SSSR count). The highest BCUT2D eigenvalue weighted by Gasteiger charge is 2.18. The Morgan fingerprint density at radius 2 is 0.797 bits per heavy atom. The largest absolute Gasteiger partial charge is 0.466 e. The summed E-state index contributed by atoms with van der Waals surface area (Å²) in [6, 6.07) is -0.635. The van der Waals surface area contributed by atoms with E-state index in [1.54, 1.807) is 6.08 Å². The van der Waals surface area contributed by atoms with Gasteiger partial charge in [-0.05, 0) is 57.8 Å². The highest BCUT2D eigenvalue weighted by molar-refractivity contribution is 5.76. The summed E-state index contributed by atoms with van der Waals surface area (Å²) < 4.78 is 5.47. The summed E-state index contributed by atoms with van der Waals surface area (Å²) in [7, 11) is 0. The zero-order chi connectivity index (χ0) is 43.0. The Bertz CT molecular complexity index is 920. The lowest BCUT2D eigenvalue weighted by Gasteiger charge is -2.20. The monoisotopic (exact) mass is 832 g/mol. The van der Waals surface area contributed by atoms with Crippen molar-refractivity contribution in [3.05, 3.63) is 24.3 Å². The molecule has 0 aliphatic rings. The van der Waals surface area contributed by atoms with Crippen LogP contribution in [-0.4, -0.2) is 47.4 Å². The zero-order valence-corrected chi connectivity index (χ0v) is 39.5. The summed E-state index contributed by atoms with van der Waals surface area (Å²) >= 11 is 0. The van der Waals surface area contributed by atoms with Gasteiger partial charge in [-0.3, -0.25) is 9.59 Å². The van der Waals surface area contributed by atoms with Crippen molar-refractivity contribution in [2.45, 2.75) is 289 Å². The second-order valence-corrected chi connectivity index (χ2v) is 17.9. The molecule has 2 atom stereocenters. The minimum atomic E-state index is -0.850. The van der Waals surface area contributed by atoms with Gasteiger partial charge in [-0.1, -0.05) is 231 Å². The molecule has 0 spiro atoms. The Labute approximate surface area is 367 Å². The molecule has 2 unspecified atom stereocenters. The molecule has 0 heterocycles. The molecule has 0 aliphatic carbocycles. The van der Waals surface area contributed by atoms with E-state index in [4.69, 9.17) is 4.74 Å². The number of aliphatic hydroxyl groups is 2. The molecule has 0 fully saturated rings. The number of nitrogens with one attached hydrogen (secondary N) is 1. The van der Waals surface area contributed by atoms with E-state index in [1.165, 1.54) is 193 Å². The maximum Gasteiger partial charge on any atom is 0.305 e. The fraction of sp³-hybridized carbons (Fsp3) is 0.887. The maximum atomic E-state index is 12.4. The van der Waals surface area contributed by atoms with Crippen molar-refractivity contribution in [3.63, 3.8) is 0 Å². The van der Waals surface area contributed by atoms with Gasteiger partial charge in [0, 0.05) is 12.8 Å². The lowest BCUT2D eigenvalue weighted by atomic mass is 10.0. The van der Waals surface area contributed by atoms with E-state index in [9.17, 15) is 19.8 Å². The molecule has 0 saturated carbocycles. The van der Waals surface area contributed by atoms with Gasteiger partial charge in [0.1, 0.15) is 0 Å². The molecule has 6 heteroatoms. The number of amides is 1. The van der Waals surface area contributed by atoms with Crippen molar-refractivity contribution in [2.75, 3.05) is 13.2 Å². The molecule has 0 aliphatic heterocycles. The zero-order valence-electron chi connectivity index (χ0n) is 39.5. The van der Waals surface area contributed by atoms with Crippen molar-refractivity contribution in [1.82, 2.24) is 5.32 Å². The Kier molecular flexibility index (Phi) is 47.6. The predicted molar refractivity (Wildman–Crippen MR) is 255 cm³/mol. The minimum absolute atomic E-state index is 0.00385. The fourth-order valence-electron chi connectivity index (χ4n) is 7.92. The molecule has 348 valence electrons. The second-order valence-electron chi connectivity index (χ2n) is 17.9. The molecule has 0 aromatic rings. The number of esters is 1. The average Bonchev–Trinajstić information content (AvgIpc) is 3.24. The molecule has 0 aromatic heterocycles. The quantitative estimate of drug-likeness (QED) is 0.0322. The van der Waals surface area contributed by atoms with E-state index in [1.807, 2.05) is 6.08 Å². The third kappa shape index (κ3) is 45.7. The molecular formula is C53H101NO5. The van der Waals surface area contributed by atoms with Crippen LogP contribution in [0.15, 0.2) is 24.3 Å². The summed E-state index contributed by atoms with van der Waals surface area (Å²) in [5.74, 6) is -0.0805. The summed E-state index contributed by atoms with van der Waals surface area (Å²) in [5.41, 5.74) is 0. The Morgan fingerprint density at radius 3 is 1.20 bits per heavy atom. The highest BCUT2D eigenvalue weighted by atomic mass is 16.5. The topological polar surface area (TPSA) is 95.9 Å². The molecule has 3 N–H and O–H groups in total. The lowest BCUT2D eigenvalue weighted by Crippen LogP contribution is -2.45. The van der Waals surface area contributed by atoms with E-state index < -0.39 is 12.1 Å². The Morgan fingerprint density at radius 1 is 0.458 bits per heavy atom. The van der Waals surface area contributed by atoms with E-state index in [0.717, 1.165) is 57.8 Å². The van der Waals surface area contributed by atoms with Gasteiger partial charge in [-0.25, -0.2) is 0 Å². The van der Waals surface area contributed by atoms with Gasteiger partial charge in [0.15, 0.2) is 0 Å². The second kappa shape index (κ2) is 49.0. The van der Waals surface area contributed by atoms with Crippen LogP contribution in [-0.2, 0) is 14.3 Å². The van der Waals surface area contributed by atoms with Crippen molar-refractivity contribution in [3.8, 4) is 0 Å². The van der Waals surface area contributed by atoms with Crippen molar-refractivity contribution < 1.29 is 24.5 Å². The summed E-state index contributed by atoms with van der Waals surface area (Å²) in [5, 5.41) is 22.9. The van der Waals surface area contributed by atoms with Crippen LogP contribution < -0.4 is 5.32 Å².